The number of allylic oxidation sites excluding steroid dienone is 2. The fraction of sp³-hybridized carbons (Fsp3) is 0.407. The fourth-order valence-corrected chi connectivity index (χ4v) is 3.87. The second-order valence-corrected chi connectivity index (χ2v) is 7.79. The van der Waals surface area contributed by atoms with Gasteiger partial charge < -0.3 is 0 Å². The Morgan fingerprint density at radius 1 is 0.852 bits per heavy atom. The Morgan fingerprint density at radius 2 is 1.52 bits per heavy atom. The highest BCUT2D eigenvalue weighted by molar-refractivity contribution is 5.67. The number of hydrogen-bond acceptors (Lipinski definition) is 0. The second kappa shape index (κ2) is 10.2. The highest BCUT2D eigenvalue weighted by Crippen LogP contribution is 2.32. The molecule has 0 fully saturated rings. The fourth-order valence-electron chi connectivity index (χ4n) is 3.87. The molecule has 27 heavy (non-hydrogen) atoms. The van der Waals surface area contributed by atoms with E-state index in [-0.39, 0.29) is 0 Å². The summed E-state index contributed by atoms with van der Waals surface area (Å²) in [5, 5.41) is 0. The van der Waals surface area contributed by atoms with Crippen molar-refractivity contribution in [1.82, 2.24) is 0 Å². The SMILES string of the molecule is CCCCc1ccc(C#Cc2ccc(C3=CCC(CCC)CC3)cc2)cc1. The van der Waals surface area contributed by atoms with Crippen LogP contribution in [0.3, 0.4) is 0 Å². The summed E-state index contributed by atoms with van der Waals surface area (Å²) in [4.78, 5) is 0. The predicted octanol–water partition coefficient (Wildman–Crippen LogP) is 7.41. The zero-order valence-corrected chi connectivity index (χ0v) is 16.9. The van der Waals surface area contributed by atoms with E-state index in [0.29, 0.717) is 0 Å². The molecule has 3 rings (SSSR count). The van der Waals surface area contributed by atoms with E-state index in [1.54, 1.807) is 0 Å². The summed E-state index contributed by atoms with van der Waals surface area (Å²) in [6.45, 7) is 4.53. The molecule has 0 saturated heterocycles. The molecule has 0 heterocycles. The van der Waals surface area contributed by atoms with Gasteiger partial charge in [0.15, 0.2) is 0 Å². The molecule has 1 aliphatic rings. The van der Waals surface area contributed by atoms with Crippen molar-refractivity contribution < 1.29 is 0 Å². The third-order valence-corrected chi connectivity index (χ3v) is 5.60. The molecule has 0 aliphatic heterocycles. The first-order valence-electron chi connectivity index (χ1n) is 10.7. The lowest BCUT2D eigenvalue weighted by Crippen LogP contribution is -2.04. The summed E-state index contributed by atoms with van der Waals surface area (Å²) in [6.07, 6.45) is 12.6. The molecule has 140 valence electrons. The Kier molecular flexibility index (Phi) is 7.35. The first-order chi connectivity index (χ1) is 13.3. The van der Waals surface area contributed by atoms with Gasteiger partial charge in [0.1, 0.15) is 0 Å². The van der Waals surface area contributed by atoms with Gasteiger partial charge >= 0.3 is 0 Å². The highest BCUT2D eigenvalue weighted by Gasteiger charge is 2.14. The van der Waals surface area contributed by atoms with Crippen LogP contribution in [0.2, 0.25) is 0 Å². The van der Waals surface area contributed by atoms with Crippen LogP contribution in [-0.2, 0) is 6.42 Å². The number of aryl methyl sites for hydroxylation is 1. The molecule has 0 N–H and O–H groups in total. The number of rotatable bonds is 6. The van der Waals surface area contributed by atoms with Crippen molar-refractivity contribution >= 4 is 5.57 Å². The van der Waals surface area contributed by atoms with Gasteiger partial charge in [-0.3, -0.25) is 0 Å². The van der Waals surface area contributed by atoms with Gasteiger partial charge in [-0.2, -0.15) is 0 Å². The van der Waals surface area contributed by atoms with Crippen molar-refractivity contribution in [1.29, 1.82) is 0 Å². The van der Waals surface area contributed by atoms with E-state index in [9.17, 15) is 0 Å². The monoisotopic (exact) mass is 356 g/mol. The number of benzene rings is 2. The highest BCUT2D eigenvalue weighted by atomic mass is 14.2. The molecule has 0 bridgehead atoms. The summed E-state index contributed by atoms with van der Waals surface area (Å²) in [7, 11) is 0. The quantitative estimate of drug-likeness (QED) is 0.473. The summed E-state index contributed by atoms with van der Waals surface area (Å²) < 4.78 is 0. The van der Waals surface area contributed by atoms with Crippen LogP contribution in [0.15, 0.2) is 54.6 Å². The summed E-state index contributed by atoms with van der Waals surface area (Å²) >= 11 is 0. The molecule has 0 radical (unpaired) electrons. The van der Waals surface area contributed by atoms with E-state index in [2.05, 4.69) is 80.3 Å². The minimum Gasteiger partial charge on any atom is -0.0804 e. The molecule has 0 saturated carbocycles. The predicted molar refractivity (Wildman–Crippen MR) is 118 cm³/mol. The molecule has 0 amide bonds. The van der Waals surface area contributed by atoms with Gasteiger partial charge in [-0.05, 0) is 79.0 Å². The maximum Gasteiger partial charge on any atom is 0.0249 e. The Labute approximate surface area is 165 Å². The zero-order valence-electron chi connectivity index (χ0n) is 16.9. The van der Waals surface area contributed by atoms with Gasteiger partial charge in [0.05, 0.1) is 0 Å². The molecule has 0 heteroatoms. The van der Waals surface area contributed by atoms with Crippen LogP contribution in [-0.4, -0.2) is 0 Å². The molecule has 2 aromatic carbocycles. The van der Waals surface area contributed by atoms with Crippen LogP contribution in [0, 0.1) is 17.8 Å². The van der Waals surface area contributed by atoms with E-state index in [0.717, 1.165) is 17.0 Å². The molecule has 1 aliphatic carbocycles. The lowest BCUT2D eigenvalue weighted by Gasteiger charge is -2.21. The van der Waals surface area contributed by atoms with Gasteiger partial charge in [-0.25, -0.2) is 0 Å². The van der Waals surface area contributed by atoms with Crippen molar-refractivity contribution in [2.45, 2.75) is 65.2 Å². The van der Waals surface area contributed by atoms with Crippen molar-refractivity contribution in [2.24, 2.45) is 5.92 Å². The van der Waals surface area contributed by atoms with E-state index >= 15 is 0 Å². The average Bonchev–Trinajstić information content (AvgIpc) is 2.73. The molecular weight excluding hydrogens is 324 g/mol. The first-order valence-corrected chi connectivity index (χ1v) is 10.7. The summed E-state index contributed by atoms with van der Waals surface area (Å²) in [5.41, 5.74) is 6.49. The van der Waals surface area contributed by atoms with E-state index in [4.69, 9.17) is 0 Å². The summed E-state index contributed by atoms with van der Waals surface area (Å²) in [6, 6.07) is 17.5. The van der Waals surface area contributed by atoms with E-state index < -0.39 is 0 Å². The minimum atomic E-state index is 0.900. The Hall–Kier alpha value is -2.26. The molecule has 1 unspecified atom stereocenters. The maximum absolute atomic E-state index is 3.31. The van der Waals surface area contributed by atoms with E-state index in [1.165, 1.54) is 68.1 Å². The Morgan fingerprint density at radius 3 is 2.07 bits per heavy atom. The normalized spacial score (nSPS) is 16.4. The first kappa shape index (κ1) is 19.5. The largest absolute Gasteiger partial charge is 0.0804 e. The molecule has 0 spiro atoms. The maximum atomic E-state index is 3.31. The lowest BCUT2D eigenvalue weighted by molar-refractivity contribution is 0.445. The summed E-state index contributed by atoms with van der Waals surface area (Å²) in [5.74, 6) is 7.51. The van der Waals surface area contributed by atoms with Gasteiger partial charge in [0.25, 0.3) is 0 Å². The lowest BCUT2D eigenvalue weighted by atomic mass is 9.84. The van der Waals surface area contributed by atoms with Crippen molar-refractivity contribution in [3.63, 3.8) is 0 Å². The van der Waals surface area contributed by atoms with Crippen LogP contribution in [0.4, 0.5) is 0 Å². The van der Waals surface area contributed by atoms with Crippen molar-refractivity contribution in [2.75, 3.05) is 0 Å². The van der Waals surface area contributed by atoms with Gasteiger partial charge in [0.2, 0.25) is 0 Å². The minimum absolute atomic E-state index is 0.900. The van der Waals surface area contributed by atoms with Crippen molar-refractivity contribution in [3.05, 3.63) is 76.9 Å². The zero-order chi connectivity index (χ0) is 18.9. The standard InChI is InChI=1S/C27H32/c1-3-5-7-23-8-10-24(11-9-23)12-13-25-16-20-27(21-17-25)26-18-14-22(6-4-2)15-19-26/h8-11,16-18,20-22H,3-7,14-15,19H2,1-2H3. The van der Waals surface area contributed by atoms with Crippen LogP contribution in [0.25, 0.3) is 5.57 Å². The van der Waals surface area contributed by atoms with Crippen LogP contribution in [0.1, 0.15) is 81.0 Å². The molecule has 0 aromatic heterocycles. The van der Waals surface area contributed by atoms with Crippen LogP contribution < -0.4 is 0 Å². The second-order valence-electron chi connectivity index (χ2n) is 7.79. The van der Waals surface area contributed by atoms with E-state index in [1.807, 2.05) is 0 Å². The van der Waals surface area contributed by atoms with Gasteiger partial charge in [-0.1, -0.05) is 75.3 Å². The Bertz CT molecular complexity index is 794. The van der Waals surface area contributed by atoms with Gasteiger partial charge in [0, 0.05) is 11.1 Å². The number of unbranched alkanes of at least 4 members (excludes halogenated alkanes) is 1. The topological polar surface area (TPSA) is 0 Å². The number of hydrogen-bond donors (Lipinski definition) is 0. The van der Waals surface area contributed by atoms with Crippen LogP contribution >= 0.6 is 0 Å². The third-order valence-electron chi connectivity index (χ3n) is 5.60. The molecular formula is C27H32. The van der Waals surface area contributed by atoms with Crippen LogP contribution in [0.5, 0.6) is 0 Å². The average molecular weight is 357 g/mol. The molecule has 0 nitrogen and oxygen atoms in total. The smallest absolute Gasteiger partial charge is 0.0249 e. The van der Waals surface area contributed by atoms with Crippen molar-refractivity contribution in [3.8, 4) is 11.8 Å². The van der Waals surface area contributed by atoms with Gasteiger partial charge in [-0.15, -0.1) is 0 Å². The molecule has 1 atom stereocenters. The third kappa shape index (κ3) is 5.86. The Balaban J connectivity index is 1.61. The molecule has 2 aromatic rings.